The molecule has 0 bridgehead atoms. The Labute approximate surface area is 154 Å². The Morgan fingerprint density at radius 3 is 2.31 bits per heavy atom. The van der Waals surface area contributed by atoms with Crippen LogP contribution in [0, 0.1) is 0 Å². The van der Waals surface area contributed by atoms with Crippen molar-refractivity contribution in [2.24, 2.45) is 0 Å². The first-order valence-corrected chi connectivity index (χ1v) is 8.44. The fourth-order valence-corrected chi connectivity index (χ4v) is 3.14. The molecule has 0 aromatic heterocycles. The van der Waals surface area contributed by atoms with Gasteiger partial charge in [-0.05, 0) is 24.1 Å². The molecule has 0 radical (unpaired) electrons. The van der Waals surface area contributed by atoms with E-state index in [1.165, 1.54) is 12.1 Å². The van der Waals surface area contributed by atoms with E-state index in [9.17, 15) is 18.3 Å². The largest absolute Gasteiger partial charge is 0.416 e. The Bertz CT molecular complexity index is 776. The Balaban J connectivity index is 1.80. The van der Waals surface area contributed by atoms with Crippen LogP contribution in [-0.2, 0) is 11.0 Å². The van der Waals surface area contributed by atoms with Gasteiger partial charge in [0.05, 0.1) is 23.2 Å². The second kappa shape index (κ2) is 7.70. The molecule has 0 saturated heterocycles. The third-order valence-electron chi connectivity index (χ3n) is 4.16. The topological polar surface area (TPSA) is 32.7 Å². The van der Waals surface area contributed by atoms with Gasteiger partial charge in [0.25, 0.3) is 0 Å². The fourth-order valence-electron chi connectivity index (χ4n) is 2.88. The molecule has 138 valence electrons. The summed E-state index contributed by atoms with van der Waals surface area (Å²) in [7, 11) is 0. The highest BCUT2D eigenvalue weighted by Crippen LogP contribution is 2.38. The van der Waals surface area contributed by atoms with E-state index >= 15 is 0 Å². The van der Waals surface area contributed by atoms with E-state index in [1.54, 1.807) is 5.06 Å². The van der Waals surface area contributed by atoms with Crippen LogP contribution in [0.15, 0.2) is 59.6 Å². The van der Waals surface area contributed by atoms with E-state index in [0.717, 1.165) is 17.7 Å². The van der Waals surface area contributed by atoms with Crippen molar-refractivity contribution < 1.29 is 23.1 Å². The highest BCUT2D eigenvalue weighted by molar-refractivity contribution is 6.32. The highest BCUT2D eigenvalue weighted by atomic mass is 35.5. The summed E-state index contributed by atoms with van der Waals surface area (Å²) < 4.78 is 38.1. The third kappa shape index (κ3) is 4.03. The molecule has 0 amide bonds. The maximum atomic E-state index is 12.7. The number of benzene rings is 2. The van der Waals surface area contributed by atoms with Crippen molar-refractivity contribution in [3.63, 3.8) is 0 Å². The van der Waals surface area contributed by atoms with E-state index in [1.807, 2.05) is 30.3 Å². The van der Waals surface area contributed by atoms with Crippen LogP contribution < -0.4 is 0 Å². The summed E-state index contributed by atoms with van der Waals surface area (Å²) in [6.45, 7) is 0.254. The van der Waals surface area contributed by atoms with Crippen molar-refractivity contribution in [3.05, 3.63) is 76.3 Å². The van der Waals surface area contributed by atoms with Gasteiger partial charge in [-0.25, -0.2) is 0 Å². The lowest BCUT2D eigenvalue weighted by Crippen LogP contribution is -2.26. The van der Waals surface area contributed by atoms with Gasteiger partial charge in [-0.3, -0.25) is 0 Å². The first kappa shape index (κ1) is 18.8. The van der Waals surface area contributed by atoms with E-state index < -0.39 is 11.7 Å². The zero-order chi connectivity index (χ0) is 18.7. The van der Waals surface area contributed by atoms with Crippen LogP contribution in [0.2, 0.25) is 0 Å². The van der Waals surface area contributed by atoms with Crippen LogP contribution in [0.4, 0.5) is 13.2 Å². The zero-order valence-corrected chi connectivity index (χ0v) is 14.5. The molecule has 0 saturated carbocycles. The van der Waals surface area contributed by atoms with Crippen LogP contribution in [-0.4, -0.2) is 23.3 Å². The van der Waals surface area contributed by atoms with Crippen molar-refractivity contribution >= 4 is 17.4 Å². The molecule has 1 heterocycles. The molecule has 7 heteroatoms. The predicted octanol–water partition coefficient (Wildman–Crippen LogP) is 4.98. The number of aliphatic hydroxyl groups is 1. The molecule has 0 aliphatic carbocycles. The number of halogens is 4. The van der Waals surface area contributed by atoms with Crippen LogP contribution >= 0.6 is 11.6 Å². The van der Waals surface area contributed by atoms with Gasteiger partial charge in [-0.2, -0.15) is 13.2 Å². The standard InChI is InChI=1S/C19H17ClF3NO2/c20-16-12-24(17(10-11-25)13-4-2-1-3-5-13)26-18(16)14-6-8-15(9-7-14)19(21,22)23/h1-9,17,25H,10-12H2. The molecule has 0 spiro atoms. The van der Waals surface area contributed by atoms with Crippen molar-refractivity contribution in [1.82, 2.24) is 5.06 Å². The maximum absolute atomic E-state index is 12.7. The quantitative estimate of drug-likeness (QED) is 0.790. The maximum Gasteiger partial charge on any atom is 0.416 e. The zero-order valence-electron chi connectivity index (χ0n) is 13.7. The van der Waals surface area contributed by atoms with Gasteiger partial charge < -0.3 is 9.94 Å². The minimum atomic E-state index is -4.39. The van der Waals surface area contributed by atoms with Crippen LogP contribution in [0.25, 0.3) is 5.76 Å². The number of nitrogens with zero attached hydrogens (tertiary/aromatic N) is 1. The SMILES string of the molecule is OCCC(c1ccccc1)N1CC(Cl)=C(c2ccc(C(F)(F)F)cc2)O1. The predicted molar refractivity (Wildman–Crippen MR) is 92.9 cm³/mol. The van der Waals surface area contributed by atoms with E-state index in [4.69, 9.17) is 16.4 Å². The highest BCUT2D eigenvalue weighted by Gasteiger charge is 2.33. The second-order valence-corrected chi connectivity index (χ2v) is 6.37. The van der Waals surface area contributed by atoms with Crippen molar-refractivity contribution in [2.75, 3.05) is 13.2 Å². The number of hydrogen-bond donors (Lipinski definition) is 1. The smallest absolute Gasteiger partial charge is 0.403 e. The van der Waals surface area contributed by atoms with Crippen molar-refractivity contribution in [1.29, 1.82) is 0 Å². The van der Waals surface area contributed by atoms with Gasteiger partial charge >= 0.3 is 6.18 Å². The van der Waals surface area contributed by atoms with Gasteiger partial charge in [0, 0.05) is 12.2 Å². The van der Waals surface area contributed by atoms with Crippen LogP contribution in [0.5, 0.6) is 0 Å². The Hall–Kier alpha value is -2.02. The first-order valence-electron chi connectivity index (χ1n) is 8.07. The monoisotopic (exact) mass is 383 g/mol. The molecular weight excluding hydrogens is 367 g/mol. The average Bonchev–Trinajstić information content (AvgIpc) is 3.01. The number of alkyl halides is 3. The number of hydrogen-bond acceptors (Lipinski definition) is 3. The molecule has 0 fully saturated rings. The average molecular weight is 384 g/mol. The molecule has 1 aliphatic heterocycles. The minimum Gasteiger partial charge on any atom is -0.403 e. The van der Waals surface area contributed by atoms with E-state index in [2.05, 4.69) is 0 Å². The summed E-state index contributed by atoms with van der Waals surface area (Å²) in [5, 5.41) is 11.4. The summed E-state index contributed by atoms with van der Waals surface area (Å²) >= 11 is 6.30. The Morgan fingerprint density at radius 1 is 1.08 bits per heavy atom. The fraction of sp³-hybridized carbons (Fsp3) is 0.263. The molecule has 3 rings (SSSR count). The normalized spacial score (nSPS) is 16.7. The third-order valence-corrected chi connectivity index (χ3v) is 4.45. The summed E-state index contributed by atoms with van der Waals surface area (Å²) in [6, 6.07) is 14.0. The first-order chi connectivity index (χ1) is 12.4. The van der Waals surface area contributed by atoms with Gasteiger partial charge in [0.15, 0.2) is 5.76 Å². The molecule has 1 unspecified atom stereocenters. The minimum absolute atomic E-state index is 0.0351. The summed E-state index contributed by atoms with van der Waals surface area (Å²) in [6.07, 6.45) is -3.95. The van der Waals surface area contributed by atoms with Gasteiger partial charge in [-0.15, -0.1) is 5.06 Å². The number of hydroxylamine groups is 2. The molecule has 3 nitrogen and oxygen atoms in total. The second-order valence-electron chi connectivity index (χ2n) is 5.91. The van der Waals surface area contributed by atoms with Crippen molar-refractivity contribution in [2.45, 2.75) is 18.6 Å². The van der Waals surface area contributed by atoms with E-state index in [-0.39, 0.29) is 19.2 Å². The van der Waals surface area contributed by atoms with Gasteiger partial charge in [-0.1, -0.05) is 54.1 Å². The molecule has 26 heavy (non-hydrogen) atoms. The van der Waals surface area contributed by atoms with E-state index in [0.29, 0.717) is 22.8 Å². The molecule has 2 aromatic rings. The van der Waals surface area contributed by atoms with Crippen molar-refractivity contribution in [3.8, 4) is 0 Å². The lowest BCUT2D eigenvalue weighted by molar-refractivity contribution is -0.137. The van der Waals surface area contributed by atoms with Crippen LogP contribution in [0.1, 0.15) is 29.2 Å². The molecule has 1 N–H and O–H groups in total. The Morgan fingerprint density at radius 2 is 1.73 bits per heavy atom. The summed E-state index contributed by atoms with van der Waals surface area (Å²) in [4.78, 5) is 5.84. The lowest BCUT2D eigenvalue weighted by Gasteiger charge is -2.26. The number of rotatable bonds is 5. The molecule has 1 aliphatic rings. The summed E-state index contributed by atoms with van der Waals surface area (Å²) in [5.74, 6) is 0.333. The molecular formula is C19H17ClF3NO2. The van der Waals surface area contributed by atoms with Gasteiger partial charge in [0.1, 0.15) is 0 Å². The molecule has 2 aromatic carbocycles. The van der Waals surface area contributed by atoms with Crippen LogP contribution in [0.3, 0.4) is 0 Å². The summed E-state index contributed by atoms with van der Waals surface area (Å²) in [5.41, 5.74) is 0.705. The Kier molecular flexibility index (Phi) is 5.55. The number of aliphatic hydroxyl groups excluding tert-OH is 1. The molecule has 1 atom stereocenters. The van der Waals surface area contributed by atoms with Gasteiger partial charge in [0.2, 0.25) is 0 Å². The lowest BCUT2D eigenvalue weighted by atomic mass is 10.0.